The molecule has 0 fully saturated rings. The Labute approximate surface area is 154 Å². The van der Waals surface area contributed by atoms with E-state index in [0.29, 0.717) is 18.7 Å². The van der Waals surface area contributed by atoms with Crippen molar-refractivity contribution >= 4 is 0 Å². The van der Waals surface area contributed by atoms with Gasteiger partial charge in [0.05, 0.1) is 11.6 Å². The highest BCUT2D eigenvalue weighted by Gasteiger charge is 2.36. The fraction of sp³-hybridized carbons (Fsp3) is 0.556. The Balaban J connectivity index is 2.53. The van der Waals surface area contributed by atoms with E-state index in [9.17, 15) is 22.0 Å². The Hall–Kier alpha value is -2.19. The summed E-state index contributed by atoms with van der Waals surface area (Å²) in [5, 5.41) is 0. The van der Waals surface area contributed by atoms with E-state index >= 15 is 0 Å². The van der Waals surface area contributed by atoms with E-state index in [4.69, 9.17) is 0 Å². The summed E-state index contributed by atoms with van der Waals surface area (Å²) in [6, 6.07) is 1.20. The molecule has 2 aromatic heterocycles. The van der Waals surface area contributed by atoms with Crippen LogP contribution < -0.4 is 4.74 Å². The smallest absolute Gasteiger partial charge is 0.391 e. The lowest BCUT2D eigenvalue weighted by molar-refractivity contribution is -0.169. The highest BCUT2D eigenvalue weighted by atomic mass is 19.4. The number of rotatable bonds is 7. The number of hydrogen-bond donors (Lipinski definition) is 0. The van der Waals surface area contributed by atoms with Crippen LogP contribution in [0, 0.1) is 12.8 Å². The molecule has 2 heterocycles. The topological polar surface area (TPSA) is 39.9 Å². The highest BCUT2D eigenvalue weighted by Crippen LogP contribution is 2.32. The summed E-state index contributed by atoms with van der Waals surface area (Å²) in [7, 11) is 0. The van der Waals surface area contributed by atoms with Gasteiger partial charge < -0.3 is 4.74 Å². The van der Waals surface area contributed by atoms with Crippen molar-refractivity contribution in [1.29, 1.82) is 0 Å². The van der Waals surface area contributed by atoms with Crippen LogP contribution in [0.15, 0.2) is 12.3 Å². The largest absolute Gasteiger partial charge is 0.431 e. The Morgan fingerprint density at radius 2 is 1.85 bits per heavy atom. The first-order valence-electron chi connectivity index (χ1n) is 8.66. The number of nitrogens with zero attached hydrogens (tertiary/aromatic N) is 3. The minimum absolute atomic E-state index is 0.0975. The number of pyridine rings is 1. The quantitative estimate of drug-likeness (QED) is 0.621. The van der Waals surface area contributed by atoms with Gasteiger partial charge in [0.15, 0.2) is 11.6 Å². The first kappa shape index (κ1) is 21.1. The van der Waals surface area contributed by atoms with Crippen molar-refractivity contribution < 1.29 is 26.7 Å². The third kappa shape index (κ3) is 4.75. The first-order chi connectivity index (χ1) is 12.6. The maximum atomic E-state index is 12.9. The third-order valence-corrected chi connectivity index (χ3v) is 4.34. The van der Waals surface area contributed by atoms with Crippen LogP contribution in [0.5, 0.6) is 5.75 Å². The summed E-state index contributed by atoms with van der Waals surface area (Å²) >= 11 is 0. The molecule has 2 aromatic rings. The fourth-order valence-electron chi connectivity index (χ4n) is 2.87. The average molecular weight is 391 g/mol. The molecule has 0 aliphatic rings. The predicted octanol–water partition coefficient (Wildman–Crippen LogP) is 5.04. The molecule has 0 aliphatic carbocycles. The van der Waals surface area contributed by atoms with Gasteiger partial charge in [0.2, 0.25) is 0 Å². The summed E-state index contributed by atoms with van der Waals surface area (Å²) in [5.74, 6) is -1.18. The van der Waals surface area contributed by atoms with Gasteiger partial charge in [-0.2, -0.15) is 22.0 Å². The average Bonchev–Trinajstić information content (AvgIpc) is 2.89. The number of alkyl halides is 5. The summed E-state index contributed by atoms with van der Waals surface area (Å²) in [4.78, 5) is 8.63. The van der Waals surface area contributed by atoms with E-state index in [1.165, 1.54) is 12.3 Å². The van der Waals surface area contributed by atoms with Gasteiger partial charge in [-0.1, -0.05) is 20.8 Å². The van der Waals surface area contributed by atoms with E-state index < -0.39 is 18.7 Å². The van der Waals surface area contributed by atoms with Gasteiger partial charge in [-0.15, -0.1) is 0 Å². The van der Waals surface area contributed by atoms with Gasteiger partial charge in [-0.25, -0.2) is 9.97 Å². The Bertz CT molecular complexity index is 786. The van der Waals surface area contributed by atoms with Gasteiger partial charge in [-0.05, 0) is 31.4 Å². The lowest BCUT2D eigenvalue weighted by atomic mass is 10.0. The van der Waals surface area contributed by atoms with Gasteiger partial charge in [-0.3, -0.25) is 4.57 Å². The van der Waals surface area contributed by atoms with Crippen molar-refractivity contribution in [2.75, 3.05) is 0 Å². The van der Waals surface area contributed by atoms with Crippen molar-refractivity contribution in [3.8, 4) is 11.6 Å². The van der Waals surface area contributed by atoms with Crippen molar-refractivity contribution in [2.24, 2.45) is 5.92 Å². The van der Waals surface area contributed by atoms with E-state index in [-0.39, 0.29) is 23.6 Å². The van der Waals surface area contributed by atoms with E-state index in [1.54, 1.807) is 11.5 Å². The van der Waals surface area contributed by atoms with Gasteiger partial charge in [0.25, 0.3) is 0 Å². The molecule has 0 unspecified atom stereocenters. The summed E-state index contributed by atoms with van der Waals surface area (Å²) < 4.78 is 70.4. The van der Waals surface area contributed by atoms with Crippen LogP contribution in [0.25, 0.3) is 5.82 Å². The molecule has 0 spiro atoms. The van der Waals surface area contributed by atoms with Crippen LogP contribution in [0.1, 0.15) is 43.5 Å². The highest BCUT2D eigenvalue weighted by molar-refractivity contribution is 5.45. The zero-order chi connectivity index (χ0) is 20.4. The molecule has 0 aliphatic heterocycles. The van der Waals surface area contributed by atoms with Crippen molar-refractivity contribution in [3.05, 3.63) is 35.0 Å². The second kappa shape index (κ2) is 8.22. The SMILES string of the molecule is CCc1nc(CC)n(-c2ncc(C[C@@H](C)C(F)(F)F)cc2OC(F)F)c1C. The van der Waals surface area contributed by atoms with Crippen LogP contribution in [0.3, 0.4) is 0 Å². The minimum Gasteiger partial charge on any atom is -0.431 e. The lowest BCUT2D eigenvalue weighted by Gasteiger charge is -2.18. The Kier molecular flexibility index (Phi) is 6.43. The summed E-state index contributed by atoms with van der Waals surface area (Å²) in [6.07, 6.45) is -2.31. The zero-order valence-electron chi connectivity index (χ0n) is 15.6. The van der Waals surface area contributed by atoms with Crippen molar-refractivity contribution in [2.45, 2.75) is 59.7 Å². The standard InChI is InChI=1S/C18H22F5N3O/c1-5-13-11(4)26(15(6-2)25-13)16-14(27-17(19)20)8-12(9-24-16)7-10(3)18(21,22)23/h8-10,17H,5-7H2,1-4H3/t10-/m1/s1. The normalized spacial score (nSPS) is 13.3. The Morgan fingerprint density at radius 1 is 1.19 bits per heavy atom. The van der Waals surface area contributed by atoms with Crippen molar-refractivity contribution in [1.82, 2.24) is 14.5 Å². The summed E-state index contributed by atoms with van der Waals surface area (Å²) in [5.41, 5.74) is 1.70. The second-order valence-electron chi connectivity index (χ2n) is 6.29. The molecular formula is C18H22F5N3O. The molecule has 0 amide bonds. The number of ether oxygens (including phenoxy) is 1. The van der Waals surface area contributed by atoms with E-state index in [2.05, 4.69) is 14.7 Å². The molecule has 0 N–H and O–H groups in total. The first-order valence-corrected chi connectivity index (χ1v) is 8.66. The molecule has 1 atom stereocenters. The molecule has 2 rings (SSSR count). The maximum Gasteiger partial charge on any atom is 0.391 e. The monoisotopic (exact) mass is 391 g/mol. The molecule has 0 radical (unpaired) electrons. The predicted molar refractivity (Wildman–Crippen MR) is 90.4 cm³/mol. The molecule has 150 valence electrons. The minimum atomic E-state index is -4.38. The van der Waals surface area contributed by atoms with Gasteiger partial charge in [0, 0.05) is 18.3 Å². The molecule has 27 heavy (non-hydrogen) atoms. The molecule has 9 heteroatoms. The third-order valence-electron chi connectivity index (χ3n) is 4.34. The summed E-state index contributed by atoms with van der Waals surface area (Å²) in [6.45, 7) is 3.48. The van der Waals surface area contributed by atoms with Crippen LogP contribution in [0.2, 0.25) is 0 Å². The number of hydrogen-bond acceptors (Lipinski definition) is 3. The van der Waals surface area contributed by atoms with Crippen molar-refractivity contribution in [3.63, 3.8) is 0 Å². The van der Waals surface area contributed by atoms with E-state index in [1.807, 2.05) is 13.8 Å². The van der Waals surface area contributed by atoms with Gasteiger partial charge in [0.1, 0.15) is 5.82 Å². The molecule has 0 saturated heterocycles. The fourth-order valence-corrected chi connectivity index (χ4v) is 2.87. The Morgan fingerprint density at radius 3 is 2.37 bits per heavy atom. The number of aryl methyl sites for hydroxylation is 2. The zero-order valence-corrected chi connectivity index (χ0v) is 15.6. The molecule has 0 aromatic carbocycles. The number of aromatic nitrogens is 3. The van der Waals surface area contributed by atoms with Gasteiger partial charge >= 0.3 is 12.8 Å². The molecule has 0 saturated carbocycles. The van der Waals surface area contributed by atoms with Crippen LogP contribution >= 0.6 is 0 Å². The lowest BCUT2D eigenvalue weighted by Crippen LogP contribution is -2.22. The maximum absolute atomic E-state index is 12.9. The molecule has 0 bridgehead atoms. The van der Waals surface area contributed by atoms with Crippen LogP contribution in [0.4, 0.5) is 22.0 Å². The van der Waals surface area contributed by atoms with Crippen LogP contribution in [-0.4, -0.2) is 27.3 Å². The number of imidazole rings is 1. The molecular weight excluding hydrogens is 369 g/mol. The molecule has 4 nitrogen and oxygen atoms in total. The number of halogens is 5. The second-order valence-corrected chi connectivity index (χ2v) is 6.29. The van der Waals surface area contributed by atoms with Crippen LogP contribution in [-0.2, 0) is 19.3 Å². The van der Waals surface area contributed by atoms with E-state index in [0.717, 1.165) is 18.3 Å².